The molecule has 0 radical (unpaired) electrons. The Morgan fingerprint density at radius 1 is 1.29 bits per heavy atom. The van der Waals surface area contributed by atoms with Crippen LogP contribution >= 0.6 is 0 Å². The number of urea groups is 1. The predicted molar refractivity (Wildman–Crippen MR) is 56.9 cm³/mol. The fraction of sp³-hybridized carbons (Fsp3) is 0.300. The van der Waals surface area contributed by atoms with Gasteiger partial charge in [0.15, 0.2) is 0 Å². The summed E-state index contributed by atoms with van der Waals surface area (Å²) in [5, 5.41) is 2.69. The fourth-order valence-corrected chi connectivity index (χ4v) is 0.933. The predicted octanol–water partition coefficient (Wildman–Crippen LogP) is 1.72. The molecule has 4 heteroatoms. The molecule has 0 aliphatic rings. The van der Waals surface area contributed by atoms with Gasteiger partial charge in [-0.2, -0.15) is 0 Å². The number of rotatable bonds is 4. The molecule has 2 amide bonds. The van der Waals surface area contributed by atoms with Gasteiger partial charge in [0, 0.05) is 6.54 Å². The van der Waals surface area contributed by atoms with E-state index in [1.54, 1.807) is 0 Å². The molecule has 0 aromatic heterocycles. The van der Waals surface area contributed by atoms with Gasteiger partial charge in [0.05, 0.1) is 5.69 Å². The van der Waals surface area contributed by atoms with Gasteiger partial charge in [0.1, 0.15) is 0 Å². The van der Waals surface area contributed by atoms with Crippen LogP contribution in [0.4, 0.5) is 10.5 Å². The zero-order chi connectivity index (χ0) is 10.2. The van der Waals surface area contributed by atoms with Crippen molar-refractivity contribution in [1.82, 2.24) is 10.7 Å². The van der Waals surface area contributed by atoms with Crippen LogP contribution in [0.5, 0.6) is 0 Å². The number of para-hydroxylation sites is 1. The molecule has 14 heavy (non-hydrogen) atoms. The van der Waals surface area contributed by atoms with E-state index in [1.807, 2.05) is 37.3 Å². The average Bonchev–Trinajstić information content (AvgIpc) is 2.25. The number of carbonyl (C=O) groups is 1. The molecule has 1 aromatic carbocycles. The molecule has 3 N–H and O–H groups in total. The zero-order valence-electron chi connectivity index (χ0n) is 8.21. The molecular weight excluding hydrogens is 178 g/mol. The van der Waals surface area contributed by atoms with Crippen molar-refractivity contribution in [2.75, 3.05) is 12.0 Å². The van der Waals surface area contributed by atoms with Crippen molar-refractivity contribution in [3.63, 3.8) is 0 Å². The molecule has 0 aliphatic carbocycles. The van der Waals surface area contributed by atoms with E-state index in [1.165, 1.54) is 0 Å². The zero-order valence-corrected chi connectivity index (χ0v) is 8.21. The lowest BCUT2D eigenvalue weighted by Crippen LogP contribution is -2.39. The maximum Gasteiger partial charge on any atom is 0.333 e. The van der Waals surface area contributed by atoms with Crippen molar-refractivity contribution in [2.24, 2.45) is 0 Å². The van der Waals surface area contributed by atoms with Crippen LogP contribution in [0, 0.1) is 0 Å². The number of hydrazine groups is 1. The molecule has 1 rings (SSSR count). The van der Waals surface area contributed by atoms with Gasteiger partial charge in [-0.25, -0.2) is 4.79 Å². The van der Waals surface area contributed by atoms with E-state index >= 15 is 0 Å². The van der Waals surface area contributed by atoms with Crippen molar-refractivity contribution in [2.45, 2.75) is 13.3 Å². The maximum atomic E-state index is 11.1. The molecule has 0 saturated heterocycles. The van der Waals surface area contributed by atoms with Crippen LogP contribution in [-0.2, 0) is 0 Å². The molecule has 0 atom stereocenters. The number of amides is 2. The molecule has 0 bridgehead atoms. The van der Waals surface area contributed by atoms with Crippen molar-refractivity contribution < 1.29 is 4.79 Å². The largest absolute Gasteiger partial charge is 0.337 e. The highest BCUT2D eigenvalue weighted by Gasteiger charge is 1.96. The highest BCUT2D eigenvalue weighted by Crippen LogP contribution is 2.01. The van der Waals surface area contributed by atoms with Gasteiger partial charge in [-0.3, -0.25) is 10.9 Å². The van der Waals surface area contributed by atoms with E-state index in [4.69, 9.17) is 0 Å². The number of nitrogens with one attached hydrogen (secondary N) is 3. The molecule has 0 spiro atoms. The van der Waals surface area contributed by atoms with Crippen LogP contribution in [0.3, 0.4) is 0 Å². The third-order valence-electron chi connectivity index (χ3n) is 1.63. The SMILES string of the molecule is CCCNC(=O)NNc1ccccc1. The quantitative estimate of drug-likeness (QED) is 0.638. The van der Waals surface area contributed by atoms with E-state index in [-0.39, 0.29) is 6.03 Å². The van der Waals surface area contributed by atoms with E-state index < -0.39 is 0 Å². The molecule has 0 aliphatic heterocycles. The van der Waals surface area contributed by atoms with E-state index in [9.17, 15) is 4.79 Å². The van der Waals surface area contributed by atoms with Gasteiger partial charge in [-0.15, -0.1) is 0 Å². The maximum absolute atomic E-state index is 11.1. The topological polar surface area (TPSA) is 53.2 Å². The standard InChI is InChI=1S/C10H15N3O/c1-2-8-11-10(14)13-12-9-6-4-3-5-7-9/h3-7,12H,2,8H2,1H3,(H2,11,13,14). The first kappa shape index (κ1) is 10.4. The molecule has 1 aromatic rings. The fourth-order valence-electron chi connectivity index (χ4n) is 0.933. The van der Waals surface area contributed by atoms with E-state index in [2.05, 4.69) is 16.2 Å². The van der Waals surface area contributed by atoms with Crippen molar-refractivity contribution in [1.29, 1.82) is 0 Å². The Morgan fingerprint density at radius 3 is 2.64 bits per heavy atom. The molecule has 0 unspecified atom stereocenters. The Hall–Kier alpha value is -1.71. The second-order valence-electron chi connectivity index (χ2n) is 2.87. The van der Waals surface area contributed by atoms with Gasteiger partial charge < -0.3 is 5.32 Å². The smallest absolute Gasteiger partial charge is 0.333 e. The van der Waals surface area contributed by atoms with Crippen LogP contribution in [-0.4, -0.2) is 12.6 Å². The van der Waals surface area contributed by atoms with Crippen molar-refractivity contribution in [3.05, 3.63) is 30.3 Å². The first-order valence-electron chi connectivity index (χ1n) is 4.68. The van der Waals surface area contributed by atoms with E-state index in [0.29, 0.717) is 6.54 Å². The summed E-state index contributed by atoms with van der Waals surface area (Å²) in [6.45, 7) is 2.69. The summed E-state index contributed by atoms with van der Waals surface area (Å²) in [5.41, 5.74) is 6.19. The first-order chi connectivity index (χ1) is 6.83. The molecular formula is C10H15N3O. The van der Waals surface area contributed by atoms with Crippen LogP contribution < -0.4 is 16.2 Å². The van der Waals surface area contributed by atoms with Gasteiger partial charge in [0.25, 0.3) is 0 Å². The van der Waals surface area contributed by atoms with Gasteiger partial charge in [-0.1, -0.05) is 25.1 Å². The minimum absolute atomic E-state index is 0.212. The van der Waals surface area contributed by atoms with Gasteiger partial charge in [-0.05, 0) is 18.6 Å². The Balaban J connectivity index is 2.24. The second kappa shape index (κ2) is 5.85. The summed E-state index contributed by atoms with van der Waals surface area (Å²) >= 11 is 0. The Kier molecular flexibility index (Phi) is 4.34. The highest BCUT2D eigenvalue weighted by atomic mass is 16.2. The number of hydrogen-bond donors (Lipinski definition) is 3. The van der Waals surface area contributed by atoms with E-state index in [0.717, 1.165) is 12.1 Å². The lowest BCUT2D eigenvalue weighted by Gasteiger charge is -2.08. The molecule has 0 heterocycles. The first-order valence-corrected chi connectivity index (χ1v) is 4.68. The molecule has 0 saturated carbocycles. The summed E-state index contributed by atoms with van der Waals surface area (Å²) in [7, 11) is 0. The monoisotopic (exact) mass is 193 g/mol. The average molecular weight is 193 g/mol. The van der Waals surface area contributed by atoms with Crippen LogP contribution in [0.15, 0.2) is 30.3 Å². The molecule has 0 fully saturated rings. The lowest BCUT2D eigenvalue weighted by molar-refractivity contribution is 0.243. The lowest BCUT2D eigenvalue weighted by atomic mass is 10.3. The third-order valence-corrected chi connectivity index (χ3v) is 1.63. The minimum atomic E-state index is -0.212. The Labute approximate surface area is 83.7 Å². The molecule has 4 nitrogen and oxygen atoms in total. The number of carbonyl (C=O) groups excluding carboxylic acids is 1. The van der Waals surface area contributed by atoms with Gasteiger partial charge in [0.2, 0.25) is 0 Å². The minimum Gasteiger partial charge on any atom is -0.337 e. The third kappa shape index (κ3) is 3.80. The second-order valence-corrected chi connectivity index (χ2v) is 2.87. The summed E-state index contributed by atoms with van der Waals surface area (Å²) in [5.74, 6) is 0. The van der Waals surface area contributed by atoms with Gasteiger partial charge >= 0.3 is 6.03 Å². The van der Waals surface area contributed by atoms with Crippen LogP contribution in [0.1, 0.15) is 13.3 Å². The van der Waals surface area contributed by atoms with Crippen molar-refractivity contribution >= 4 is 11.7 Å². The number of anilines is 1. The Morgan fingerprint density at radius 2 is 2.00 bits per heavy atom. The highest BCUT2D eigenvalue weighted by molar-refractivity contribution is 5.75. The summed E-state index contributed by atoms with van der Waals surface area (Å²) in [6, 6.07) is 9.25. The van der Waals surface area contributed by atoms with Crippen LogP contribution in [0.2, 0.25) is 0 Å². The Bertz CT molecular complexity index is 274. The number of hydrogen-bond acceptors (Lipinski definition) is 2. The van der Waals surface area contributed by atoms with Crippen LogP contribution in [0.25, 0.3) is 0 Å². The summed E-state index contributed by atoms with van der Waals surface area (Å²) in [4.78, 5) is 11.1. The molecule has 76 valence electrons. The summed E-state index contributed by atoms with van der Waals surface area (Å²) in [6.07, 6.45) is 0.929. The summed E-state index contributed by atoms with van der Waals surface area (Å²) < 4.78 is 0. The normalized spacial score (nSPS) is 9.21. The number of benzene rings is 1. The van der Waals surface area contributed by atoms with Crippen molar-refractivity contribution in [3.8, 4) is 0 Å².